The topological polar surface area (TPSA) is 54.5 Å². The monoisotopic (exact) mass is 367 g/mol. The molecule has 0 saturated carbocycles. The number of carbonyl (C=O) groups is 1. The number of carbonyl (C=O) groups excluding carboxylic acids is 1. The first-order valence-corrected chi connectivity index (χ1v) is 9.82. The molecule has 2 aromatic rings. The highest BCUT2D eigenvalue weighted by atomic mass is 16.5. The second kappa shape index (κ2) is 9.51. The Morgan fingerprint density at radius 3 is 2.78 bits per heavy atom. The normalized spacial score (nSPS) is 17.5. The van der Waals surface area contributed by atoms with Gasteiger partial charge >= 0.3 is 5.97 Å². The lowest BCUT2D eigenvalue weighted by Gasteiger charge is -2.31. The second-order valence-corrected chi connectivity index (χ2v) is 7.26. The van der Waals surface area contributed by atoms with Crippen LogP contribution in [0.4, 0.5) is 5.82 Å². The summed E-state index contributed by atoms with van der Waals surface area (Å²) in [5, 5.41) is 3.36. The van der Waals surface area contributed by atoms with E-state index in [1.807, 2.05) is 6.07 Å². The van der Waals surface area contributed by atoms with Gasteiger partial charge in [0.25, 0.3) is 0 Å². The number of hydrogen-bond acceptors (Lipinski definition) is 5. The van der Waals surface area contributed by atoms with Crippen molar-refractivity contribution in [2.24, 2.45) is 5.92 Å². The molecule has 1 unspecified atom stereocenters. The Morgan fingerprint density at radius 1 is 1.26 bits per heavy atom. The first-order valence-electron chi connectivity index (χ1n) is 9.82. The number of piperidine rings is 1. The van der Waals surface area contributed by atoms with Crippen LogP contribution in [0.3, 0.4) is 0 Å². The second-order valence-electron chi connectivity index (χ2n) is 7.26. The number of esters is 1. The van der Waals surface area contributed by atoms with Gasteiger partial charge in [-0.05, 0) is 55.5 Å². The standard InChI is InChI=1S/C22H29N3O2/c1-3-27-22(26)19-10-11-21(24-14-19)23-13-18-8-4-5-9-20(18)16-25-12-6-7-17(2)15-25/h4-5,8-11,14,17H,3,6-7,12-13,15-16H2,1-2H3,(H,23,24). The summed E-state index contributed by atoms with van der Waals surface area (Å²) in [7, 11) is 0. The van der Waals surface area contributed by atoms with Gasteiger partial charge in [0.2, 0.25) is 0 Å². The van der Waals surface area contributed by atoms with E-state index in [1.54, 1.807) is 19.2 Å². The van der Waals surface area contributed by atoms with E-state index >= 15 is 0 Å². The molecular formula is C22H29N3O2. The van der Waals surface area contributed by atoms with Gasteiger partial charge in [0, 0.05) is 25.8 Å². The van der Waals surface area contributed by atoms with Crippen LogP contribution in [0.2, 0.25) is 0 Å². The fourth-order valence-electron chi connectivity index (χ4n) is 3.57. The quantitative estimate of drug-likeness (QED) is 0.747. The lowest BCUT2D eigenvalue weighted by Crippen LogP contribution is -2.34. The number of nitrogens with one attached hydrogen (secondary N) is 1. The minimum atomic E-state index is -0.336. The molecule has 1 saturated heterocycles. The highest BCUT2D eigenvalue weighted by Crippen LogP contribution is 2.20. The number of rotatable bonds is 7. The Bertz CT molecular complexity index is 745. The molecule has 1 aliphatic rings. The van der Waals surface area contributed by atoms with E-state index in [-0.39, 0.29) is 5.97 Å². The molecule has 0 aliphatic carbocycles. The zero-order valence-corrected chi connectivity index (χ0v) is 16.3. The highest BCUT2D eigenvalue weighted by molar-refractivity contribution is 5.89. The van der Waals surface area contributed by atoms with Crippen LogP contribution in [0, 0.1) is 5.92 Å². The van der Waals surface area contributed by atoms with Crippen molar-refractivity contribution in [2.75, 3.05) is 25.0 Å². The fourth-order valence-corrected chi connectivity index (χ4v) is 3.57. The Balaban J connectivity index is 1.60. The summed E-state index contributed by atoms with van der Waals surface area (Å²) < 4.78 is 4.99. The maximum absolute atomic E-state index is 11.7. The number of benzene rings is 1. The predicted octanol–water partition coefficient (Wildman–Crippen LogP) is 4.10. The SMILES string of the molecule is CCOC(=O)c1ccc(NCc2ccccc2CN2CCCC(C)C2)nc1. The van der Waals surface area contributed by atoms with Crippen molar-refractivity contribution in [1.29, 1.82) is 0 Å². The predicted molar refractivity (Wildman–Crippen MR) is 108 cm³/mol. The summed E-state index contributed by atoms with van der Waals surface area (Å²) in [5.74, 6) is 1.20. The number of ether oxygens (including phenoxy) is 1. The first-order chi connectivity index (χ1) is 13.2. The third kappa shape index (κ3) is 5.54. The van der Waals surface area contributed by atoms with Crippen LogP contribution >= 0.6 is 0 Å². The molecule has 5 heteroatoms. The van der Waals surface area contributed by atoms with Crippen LogP contribution in [0.1, 0.15) is 48.2 Å². The number of likely N-dealkylation sites (tertiary alicyclic amines) is 1. The molecule has 1 atom stereocenters. The molecule has 144 valence electrons. The average molecular weight is 367 g/mol. The lowest BCUT2D eigenvalue weighted by atomic mass is 9.99. The van der Waals surface area contributed by atoms with Gasteiger partial charge in [0.15, 0.2) is 0 Å². The molecule has 0 spiro atoms. The lowest BCUT2D eigenvalue weighted by molar-refractivity contribution is 0.0526. The van der Waals surface area contributed by atoms with Crippen LogP contribution in [0.25, 0.3) is 0 Å². The van der Waals surface area contributed by atoms with E-state index in [4.69, 9.17) is 4.74 Å². The van der Waals surface area contributed by atoms with E-state index in [1.165, 1.54) is 37.1 Å². The zero-order valence-electron chi connectivity index (χ0n) is 16.3. The molecule has 1 aliphatic heterocycles. The summed E-state index contributed by atoms with van der Waals surface area (Å²) in [6.45, 7) is 8.57. The zero-order chi connectivity index (χ0) is 19.1. The van der Waals surface area contributed by atoms with E-state index in [0.717, 1.165) is 18.3 Å². The van der Waals surface area contributed by atoms with Gasteiger partial charge in [-0.25, -0.2) is 9.78 Å². The summed E-state index contributed by atoms with van der Waals surface area (Å²) in [4.78, 5) is 18.6. The molecule has 0 amide bonds. The number of pyridine rings is 1. The number of anilines is 1. The van der Waals surface area contributed by atoms with E-state index in [9.17, 15) is 4.79 Å². The van der Waals surface area contributed by atoms with E-state index < -0.39 is 0 Å². The Morgan fingerprint density at radius 2 is 2.07 bits per heavy atom. The highest BCUT2D eigenvalue weighted by Gasteiger charge is 2.17. The van der Waals surface area contributed by atoms with Crippen molar-refractivity contribution in [3.05, 3.63) is 59.3 Å². The van der Waals surface area contributed by atoms with Gasteiger partial charge in [-0.3, -0.25) is 4.90 Å². The Labute approximate surface area is 161 Å². The molecule has 1 aromatic heterocycles. The van der Waals surface area contributed by atoms with Crippen molar-refractivity contribution in [2.45, 2.75) is 39.8 Å². The first kappa shape index (κ1) is 19.4. The van der Waals surface area contributed by atoms with Crippen LogP contribution in [0.5, 0.6) is 0 Å². The van der Waals surface area contributed by atoms with Crippen molar-refractivity contribution in [3.8, 4) is 0 Å². The molecule has 0 bridgehead atoms. The van der Waals surface area contributed by atoms with E-state index in [2.05, 4.69) is 46.4 Å². The number of aromatic nitrogens is 1. The van der Waals surface area contributed by atoms with Gasteiger partial charge in [-0.2, -0.15) is 0 Å². The summed E-state index contributed by atoms with van der Waals surface area (Å²) in [5.41, 5.74) is 3.12. The molecule has 1 N–H and O–H groups in total. The summed E-state index contributed by atoms with van der Waals surface area (Å²) in [6, 6.07) is 12.1. The molecule has 0 radical (unpaired) electrons. The van der Waals surface area contributed by atoms with Gasteiger partial charge in [-0.1, -0.05) is 31.2 Å². The molecule has 1 aromatic carbocycles. The van der Waals surface area contributed by atoms with Crippen molar-refractivity contribution < 1.29 is 9.53 Å². The fraction of sp³-hybridized carbons (Fsp3) is 0.455. The van der Waals surface area contributed by atoms with Crippen molar-refractivity contribution >= 4 is 11.8 Å². The van der Waals surface area contributed by atoms with Gasteiger partial charge in [0.05, 0.1) is 12.2 Å². The minimum absolute atomic E-state index is 0.336. The molecule has 3 rings (SSSR count). The maximum atomic E-state index is 11.7. The van der Waals surface area contributed by atoms with Crippen molar-refractivity contribution in [3.63, 3.8) is 0 Å². The van der Waals surface area contributed by atoms with Crippen LogP contribution < -0.4 is 5.32 Å². The molecule has 27 heavy (non-hydrogen) atoms. The minimum Gasteiger partial charge on any atom is -0.462 e. The van der Waals surface area contributed by atoms with Crippen LogP contribution in [0.15, 0.2) is 42.6 Å². The van der Waals surface area contributed by atoms with Gasteiger partial charge < -0.3 is 10.1 Å². The Hall–Kier alpha value is -2.40. The average Bonchev–Trinajstić information content (AvgIpc) is 2.68. The van der Waals surface area contributed by atoms with Crippen LogP contribution in [-0.4, -0.2) is 35.5 Å². The van der Waals surface area contributed by atoms with E-state index in [0.29, 0.717) is 18.7 Å². The third-order valence-corrected chi connectivity index (χ3v) is 4.99. The molecule has 2 heterocycles. The smallest absolute Gasteiger partial charge is 0.339 e. The number of hydrogen-bond donors (Lipinski definition) is 1. The van der Waals surface area contributed by atoms with Crippen molar-refractivity contribution in [1.82, 2.24) is 9.88 Å². The van der Waals surface area contributed by atoms with Gasteiger partial charge in [0.1, 0.15) is 5.82 Å². The maximum Gasteiger partial charge on any atom is 0.339 e. The molecule has 5 nitrogen and oxygen atoms in total. The van der Waals surface area contributed by atoms with Gasteiger partial charge in [-0.15, -0.1) is 0 Å². The summed E-state index contributed by atoms with van der Waals surface area (Å²) in [6.07, 6.45) is 4.19. The largest absolute Gasteiger partial charge is 0.462 e. The third-order valence-electron chi connectivity index (χ3n) is 4.99. The Kier molecular flexibility index (Phi) is 6.82. The molecular weight excluding hydrogens is 338 g/mol. The summed E-state index contributed by atoms with van der Waals surface area (Å²) >= 11 is 0. The number of nitrogens with zero attached hydrogens (tertiary/aromatic N) is 2. The molecule has 1 fully saturated rings. The van der Waals surface area contributed by atoms with Crippen LogP contribution in [-0.2, 0) is 17.8 Å².